The Labute approximate surface area is 230 Å². The van der Waals surface area contributed by atoms with Crippen LogP contribution in [0.1, 0.15) is 44.9 Å². The minimum absolute atomic E-state index is 0.0438. The molecule has 1 atom stereocenters. The second-order valence-corrected chi connectivity index (χ2v) is 12.5. The number of hydrogen-bond acceptors (Lipinski definition) is 8. The average Bonchev–Trinajstić information content (AvgIpc) is 3.79. The number of halogens is 3. The Kier molecular flexibility index (Phi) is 8.27. The summed E-state index contributed by atoms with van der Waals surface area (Å²) in [5.41, 5.74) is 2.39. The van der Waals surface area contributed by atoms with Crippen molar-refractivity contribution < 1.29 is 45.4 Å². The molecule has 0 spiro atoms. The molecule has 3 fully saturated rings. The van der Waals surface area contributed by atoms with Crippen LogP contribution in [-0.4, -0.2) is 62.4 Å². The molecule has 2 aromatic carbocycles. The number of likely N-dealkylation sites (tertiary alicyclic amines) is 1. The van der Waals surface area contributed by atoms with Gasteiger partial charge >= 0.3 is 6.36 Å². The lowest BCUT2D eigenvalue weighted by molar-refractivity contribution is -0.274. The molecule has 40 heavy (non-hydrogen) atoms. The summed E-state index contributed by atoms with van der Waals surface area (Å²) in [6.45, 7) is 1.47. The van der Waals surface area contributed by atoms with Crippen LogP contribution in [0.3, 0.4) is 0 Å². The molecule has 1 unspecified atom stereocenters. The summed E-state index contributed by atoms with van der Waals surface area (Å²) in [5.74, 6) is -0.603. The average molecular weight is 585 g/mol. The van der Waals surface area contributed by atoms with Crippen LogP contribution in [-0.2, 0) is 24.2 Å². The van der Waals surface area contributed by atoms with Gasteiger partial charge in [0.2, 0.25) is 0 Å². The number of piperidine rings is 1. The molecule has 5 rings (SSSR count). The fourth-order valence-corrected chi connectivity index (χ4v) is 7.03. The number of benzene rings is 2. The quantitative estimate of drug-likeness (QED) is 0.423. The van der Waals surface area contributed by atoms with Gasteiger partial charge in [0.05, 0.1) is 4.90 Å². The molecule has 1 saturated carbocycles. The predicted octanol–water partition coefficient (Wildman–Crippen LogP) is 4.72. The summed E-state index contributed by atoms with van der Waals surface area (Å²) in [6, 6.07) is 10.9. The Morgan fingerprint density at radius 3 is 2.08 bits per heavy atom. The number of nitrogens with zero attached hydrogens (tertiary/aromatic N) is 1. The van der Waals surface area contributed by atoms with Crippen molar-refractivity contribution in [2.24, 2.45) is 0 Å². The van der Waals surface area contributed by atoms with Gasteiger partial charge in [0, 0.05) is 32.2 Å². The number of carbonyl (C=O) groups is 1. The van der Waals surface area contributed by atoms with Crippen molar-refractivity contribution in [3.8, 4) is 17.2 Å². The first-order chi connectivity index (χ1) is 19.1. The van der Waals surface area contributed by atoms with Crippen molar-refractivity contribution in [2.75, 3.05) is 19.7 Å². The molecular weight excluding hydrogens is 553 g/mol. The zero-order valence-corrected chi connectivity index (χ0v) is 22.5. The Morgan fingerprint density at radius 2 is 1.52 bits per heavy atom. The first-order valence-corrected chi connectivity index (χ1v) is 14.7. The molecule has 2 heterocycles. The van der Waals surface area contributed by atoms with Crippen LogP contribution in [0.4, 0.5) is 13.2 Å². The van der Waals surface area contributed by atoms with Crippen LogP contribution in [0.5, 0.6) is 17.2 Å². The number of hydroxylamine groups is 1. The van der Waals surface area contributed by atoms with Gasteiger partial charge in [-0.25, -0.2) is 18.7 Å². The van der Waals surface area contributed by atoms with Gasteiger partial charge < -0.3 is 19.1 Å². The fraction of sp³-hybridized carbons (Fsp3) is 0.519. The fourth-order valence-electron chi connectivity index (χ4n) is 5.08. The highest BCUT2D eigenvalue weighted by Crippen LogP contribution is 2.40. The molecule has 13 heteroatoms. The largest absolute Gasteiger partial charge is 0.573 e. The van der Waals surface area contributed by atoms with Crippen LogP contribution in [0.15, 0.2) is 53.4 Å². The minimum Gasteiger partial charge on any atom is -0.457 e. The third-order valence-electron chi connectivity index (χ3n) is 7.45. The Balaban J connectivity index is 1.31. The molecule has 9 nitrogen and oxygen atoms in total. The summed E-state index contributed by atoms with van der Waals surface area (Å²) in [6.07, 6.45) is -0.622. The number of nitrogens with one attached hydrogen (secondary N) is 1. The van der Waals surface area contributed by atoms with E-state index in [1.54, 1.807) is 0 Å². The first-order valence-electron chi connectivity index (χ1n) is 13.3. The molecule has 1 N–H and O–H groups in total. The van der Waals surface area contributed by atoms with E-state index in [9.17, 15) is 26.4 Å². The van der Waals surface area contributed by atoms with E-state index in [2.05, 4.69) is 15.1 Å². The Morgan fingerprint density at radius 1 is 0.925 bits per heavy atom. The van der Waals surface area contributed by atoms with Gasteiger partial charge in [-0.05, 0) is 87.1 Å². The molecule has 2 aliphatic heterocycles. The van der Waals surface area contributed by atoms with E-state index in [1.807, 2.05) is 0 Å². The molecule has 1 amide bonds. The van der Waals surface area contributed by atoms with Crippen LogP contribution in [0.2, 0.25) is 0 Å². The molecule has 2 saturated heterocycles. The molecule has 3 aliphatic rings. The second kappa shape index (κ2) is 11.6. The molecule has 0 bridgehead atoms. The highest BCUT2D eigenvalue weighted by atomic mass is 32.2. The third-order valence-corrected chi connectivity index (χ3v) is 9.96. The highest BCUT2D eigenvalue weighted by Gasteiger charge is 2.54. The number of sulfone groups is 1. The van der Waals surface area contributed by atoms with E-state index in [0.29, 0.717) is 32.2 Å². The van der Waals surface area contributed by atoms with E-state index in [0.717, 1.165) is 37.8 Å². The van der Waals surface area contributed by atoms with Crippen LogP contribution >= 0.6 is 0 Å². The molecule has 0 radical (unpaired) electrons. The van der Waals surface area contributed by atoms with Crippen molar-refractivity contribution >= 4 is 15.7 Å². The zero-order chi connectivity index (χ0) is 28.4. The van der Waals surface area contributed by atoms with Gasteiger partial charge in [0.1, 0.15) is 17.2 Å². The van der Waals surface area contributed by atoms with E-state index >= 15 is 0 Å². The maximum absolute atomic E-state index is 14.0. The number of amides is 1. The van der Waals surface area contributed by atoms with Crippen LogP contribution < -0.4 is 15.0 Å². The summed E-state index contributed by atoms with van der Waals surface area (Å²) in [5, 5.41) is 0. The number of alkyl halides is 3. The molecule has 2 aromatic rings. The van der Waals surface area contributed by atoms with E-state index in [-0.39, 0.29) is 29.2 Å². The van der Waals surface area contributed by atoms with Crippen molar-refractivity contribution in [2.45, 2.75) is 73.3 Å². The zero-order valence-electron chi connectivity index (χ0n) is 21.7. The Bertz CT molecular complexity index is 1270. The maximum Gasteiger partial charge on any atom is 0.573 e. The van der Waals surface area contributed by atoms with Gasteiger partial charge in [-0.2, -0.15) is 0 Å². The molecule has 218 valence electrons. The summed E-state index contributed by atoms with van der Waals surface area (Å²) in [7, 11) is -4.16. The van der Waals surface area contributed by atoms with Crippen LogP contribution in [0.25, 0.3) is 0 Å². The van der Waals surface area contributed by atoms with Gasteiger partial charge in [-0.15, -0.1) is 13.2 Å². The standard InChI is InChI=1S/C27H31F3N2O7S/c28-27(29,30)38-22-8-6-20(7-9-22)37-21-10-12-23(13-11-21)40(34,35)26(14-16-32(17-15-26)19-4-5-19)25(33)31-39-24-3-1-2-18-36-24/h6-13,19,24H,1-5,14-18H2,(H,31,33). The summed E-state index contributed by atoms with van der Waals surface area (Å²) in [4.78, 5) is 21.2. The van der Waals surface area contributed by atoms with Gasteiger partial charge in [-0.1, -0.05) is 0 Å². The van der Waals surface area contributed by atoms with Gasteiger partial charge in [0.15, 0.2) is 20.9 Å². The lowest BCUT2D eigenvalue weighted by atomic mass is 9.94. The van der Waals surface area contributed by atoms with Crippen molar-refractivity contribution in [1.82, 2.24) is 10.4 Å². The molecule has 1 aliphatic carbocycles. The van der Waals surface area contributed by atoms with Crippen molar-refractivity contribution in [3.63, 3.8) is 0 Å². The third kappa shape index (κ3) is 6.54. The van der Waals surface area contributed by atoms with Gasteiger partial charge in [0.25, 0.3) is 5.91 Å². The second-order valence-electron chi connectivity index (χ2n) is 10.2. The summed E-state index contributed by atoms with van der Waals surface area (Å²) < 4.78 is 78.4. The highest BCUT2D eigenvalue weighted by molar-refractivity contribution is 7.93. The van der Waals surface area contributed by atoms with Crippen molar-refractivity contribution in [1.29, 1.82) is 0 Å². The lowest BCUT2D eigenvalue weighted by Gasteiger charge is -2.40. The van der Waals surface area contributed by atoms with Crippen molar-refractivity contribution in [3.05, 3.63) is 48.5 Å². The Hall–Kier alpha value is -2.87. The molecule has 0 aromatic heterocycles. The molecular formula is C27H31F3N2O7S. The maximum atomic E-state index is 14.0. The van der Waals surface area contributed by atoms with E-state index in [4.69, 9.17) is 14.3 Å². The first kappa shape index (κ1) is 28.7. The van der Waals surface area contributed by atoms with E-state index in [1.165, 1.54) is 36.4 Å². The van der Waals surface area contributed by atoms with E-state index < -0.39 is 38.9 Å². The van der Waals surface area contributed by atoms with Crippen LogP contribution in [0, 0.1) is 0 Å². The monoisotopic (exact) mass is 584 g/mol. The van der Waals surface area contributed by atoms with Gasteiger partial charge in [-0.3, -0.25) is 4.79 Å². The topological polar surface area (TPSA) is 103 Å². The number of ether oxygens (including phenoxy) is 3. The lowest BCUT2D eigenvalue weighted by Crippen LogP contribution is -2.58. The summed E-state index contributed by atoms with van der Waals surface area (Å²) >= 11 is 0. The SMILES string of the molecule is O=C(NOC1CCCCO1)C1(S(=O)(=O)c2ccc(Oc3ccc(OC(F)(F)F)cc3)cc2)CCN(C2CC2)CC1. The minimum atomic E-state index is -4.80. The number of hydrogen-bond donors (Lipinski definition) is 1. The number of carbonyl (C=O) groups excluding carboxylic acids is 1. The normalized spacial score (nSPS) is 21.9. The smallest absolute Gasteiger partial charge is 0.457 e. The number of rotatable bonds is 9. The predicted molar refractivity (Wildman–Crippen MR) is 136 cm³/mol.